The minimum absolute atomic E-state index is 0.726. The van der Waals surface area contributed by atoms with E-state index in [0.717, 1.165) is 35.8 Å². The van der Waals surface area contributed by atoms with Crippen LogP contribution in [0.5, 0.6) is 5.75 Å². The van der Waals surface area contributed by atoms with E-state index in [1.54, 1.807) is 7.11 Å². The zero-order chi connectivity index (χ0) is 14.5. The summed E-state index contributed by atoms with van der Waals surface area (Å²) in [5.74, 6) is 0.855. The zero-order valence-corrected chi connectivity index (χ0v) is 12.5. The number of aromatic amines is 1. The van der Waals surface area contributed by atoms with Gasteiger partial charge >= 0.3 is 0 Å². The van der Waals surface area contributed by atoms with Gasteiger partial charge in [0.25, 0.3) is 0 Å². The van der Waals surface area contributed by atoms with Gasteiger partial charge in [0.1, 0.15) is 5.75 Å². The first-order valence-corrected chi connectivity index (χ1v) is 6.64. The summed E-state index contributed by atoms with van der Waals surface area (Å²) in [7, 11) is 5.81. The van der Waals surface area contributed by atoms with Gasteiger partial charge in [0.05, 0.1) is 19.0 Å². The second kappa shape index (κ2) is 6.43. The van der Waals surface area contributed by atoms with Gasteiger partial charge in [-0.25, -0.2) is 0 Å². The van der Waals surface area contributed by atoms with Crippen LogP contribution in [0.4, 0.5) is 5.69 Å². The van der Waals surface area contributed by atoms with Crippen LogP contribution in [0, 0.1) is 6.92 Å². The molecule has 5 nitrogen and oxygen atoms in total. The molecular formula is C15H22N4O. The lowest BCUT2D eigenvalue weighted by molar-refractivity contribution is 0.400. The summed E-state index contributed by atoms with van der Waals surface area (Å²) < 4.78 is 5.41. The lowest BCUT2D eigenvalue weighted by atomic mass is 10.1. The third kappa shape index (κ3) is 3.51. The van der Waals surface area contributed by atoms with Gasteiger partial charge in [-0.3, -0.25) is 5.10 Å². The van der Waals surface area contributed by atoms with E-state index in [1.807, 2.05) is 19.2 Å². The number of ether oxygens (including phenoxy) is 1. The molecule has 0 aliphatic heterocycles. The molecule has 0 radical (unpaired) electrons. The first-order chi connectivity index (χ1) is 9.60. The summed E-state index contributed by atoms with van der Waals surface area (Å²) in [5, 5.41) is 10.4. The second-order valence-corrected chi connectivity index (χ2v) is 5.15. The number of hydrogen-bond donors (Lipinski definition) is 2. The van der Waals surface area contributed by atoms with Gasteiger partial charge in [-0.05, 0) is 38.7 Å². The Bertz CT molecular complexity index is 563. The molecule has 1 aromatic carbocycles. The number of aromatic nitrogens is 2. The van der Waals surface area contributed by atoms with Crippen LogP contribution in [0.3, 0.4) is 0 Å². The Labute approximate surface area is 119 Å². The van der Waals surface area contributed by atoms with Crippen molar-refractivity contribution in [2.45, 2.75) is 20.0 Å². The average molecular weight is 274 g/mol. The SMILES string of the molecule is COc1ccc(CN(C)C)cc1NCc1cn[nH]c1C. The highest BCUT2D eigenvalue weighted by Gasteiger charge is 2.06. The highest BCUT2D eigenvalue weighted by atomic mass is 16.5. The van der Waals surface area contributed by atoms with E-state index in [1.165, 1.54) is 5.56 Å². The van der Waals surface area contributed by atoms with Crippen molar-refractivity contribution in [2.24, 2.45) is 0 Å². The van der Waals surface area contributed by atoms with E-state index in [0.29, 0.717) is 0 Å². The van der Waals surface area contributed by atoms with Gasteiger partial charge in [-0.1, -0.05) is 6.07 Å². The summed E-state index contributed by atoms with van der Waals surface area (Å²) in [6.07, 6.45) is 1.85. The van der Waals surface area contributed by atoms with Gasteiger partial charge in [-0.2, -0.15) is 5.10 Å². The molecule has 1 aromatic heterocycles. The Balaban J connectivity index is 2.13. The predicted molar refractivity (Wildman–Crippen MR) is 81.0 cm³/mol. The van der Waals surface area contributed by atoms with Gasteiger partial charge in [0.2, 0.25) is 0 Å². The summed E-state index contributed by atoms with van der Waals surface area (Å²) in [6, 6.07) is 6.23. The van der Waals surface area contributed by atoms with Crippen molar-refractivity contribution < 1.29 is 4.74 Å². The molecule has 0 atom stereocenters. The van der Waals surface area contributed by atoms with E-state index in [-0.39, 0.29) is 0 Å². The number of anilines is 1. The number of aryl methyl sites for hydroxylation is 1. The molecule has 0 saturated heterocycles. The van der Waals surface area contributed by atoms with Crippen molar-refractivity contribution in [3.05, 3.63) is 41.2 Å². The van der Waals surface area contributed by atoms with Crippen molar-refractivity contribution >= 4 is 5.69 Å². The molecule has 2 aromatic rings. The molecule has 0 aliphatic carbocycles. The van der Waals surface area contributed by atoms with E-state index in [4.69, 9.17) is 4.74 Å². The molecule has 2 rings (SSSR count). The lowest BCUT2D eigenvalue weighted by Crippen LogP contribution is -2.11. The Hall–Kier alpha value is -2.01. The van der Waals surface area contributed by atoms with Crippen molar-refractivity contribution in [1.82, 2.24) is 15.1 Å². The molecular weight excluding hydrogens is 252 g/mol. The van der Waals surface area contributed by atoms with E-state index in [9.17, 15) is 0 Å². The minimum Gasteiger partial charge on any atom is -0.495 e. The average Bonchev–Trinajstić information content (AvgIpc) is 2.81. The number of nitrogens with one attached hydrogen (secondary N) is 2. The van der Waals surface area contributed by atoms with Gasteiger partial charge < -0.3 is 15.0 Å². The summed E-state index contributed by atoms with van der Waals surface area (Å²) in [6.45, 7) is 3.65. The first-order valence-electron chi connectivity index (χ1n) is 6.64. The molecule has 0 bridgehead atoms. The number of nitrogens with zero attached hydrogens (tertiary/aromatic N) is 2. The standard InChI is InChI=1S/C15H22N4O/c1-11-13(9-17-18-11)8-16-14-7-12(10-19(2)3)5-6-15(14)20-4/h5-7,9,16H,8,10H2,1-4H3,(H,17,18). The van der Waals surface area contributed by atoms with Crippen LogP contribution in [0.1, 0.15) is 16.8 Å². The van der Waals surface area contributed by atoms with Crippen LogP contribution in [0.15, 0.2) is 24.4 Å². The van der Waals surface area contributed by atoms with Crippen LogP contribution >= 0.6 is 0 Å². The van der Waals surface area contributed by atoms with Gasteiger partial charge in [0, 0.05) is 24.3 Å². The van der Waals surface area contributed by atoms with Crippen molar-refractivity contribution in [1.29, 1.82) is 0 Å². The van der Waals surface area contributed by atoms with E-state index >= 15 is 0 Å². The fourth-order valence-electron chi connectivity index (χ4n) is 2.10. The van der Waals surface area contributed by atoms with Crippen molar-refractivity contribution in [2.75, 3.05) is 26.5 Å². The highest BCUT2D eigenvalue weighted by Crippen LogP contribution is 2.26. The number of hydrogen-bond acceptors (Lipinski definition) is 4. The van der Waals surface area contributed by atoms with Crippen LogP contribution in [0.2, 0.25) is 0 Å². The smallest absolute Gasteiger partial charge is 0.141 e. The largest absolute Gasteiger partial charge is 0.495 e. The van der Waals surface area contributed by atoms with E-state index in [2.05, 4.69) is 46.6 Å². The topological polar surface area (TPSA) is 53.2 Å². The molecule has 20 heavy (non-hydrogen) atoms. The van der Waals surface area contributed by atoms with Gasteiger partial charge in [0.15, 0.2) is 0 Å². The maximum atomic E-state index is 5.41. The quantitative estimate of drug-likeness (QED) is 0.849. The van der Waals surface area contributed by atoms with Crippen molar-refractivity contribution in [3.8, 4) is 5.75 Å². The van der Waals surface area contributed by atoms with Crippen LogP contribution in [-0.2, 0) is 13.1 Å². The first kappa shape index (κ1) is 14.4. The molecule has 0 fully saturated rings. The summed E-state index contributed by atoms with van der Waals surface area (Å²) >= 11 is 0. The molecule has 0 spiro atoms. The van der Waals surface area contributed by atoms with E-state index < -0.39 is 0 Å². The third-order valence-electron chi connectivity index (χ3n) is 3.17. The van der Waals surface area contributed by atoms with Crippen LogP contribution in [-0.4, -0.2) is 36.3 Å². The molecule has 108 valence electrons. The second-order valence-electron chi connectivity index (χ2n) is 5.15. The maximum absolute atomic E-state index is 5.41. The Kier molecular flexibility index (Phi) is 4.63. The summed E-state index contributed by atoms with van der Waals surface area (Å²) in [4.78, 5) is 2.14. The highest BCUT2D eigenvalue weighted by molar-refractivity contribution is 5.58. The minimum atomic E-state index is 0.726. The van der Waals surface area contributed by atoms with Crippen LogP contribution in [0.25, 0.3) is 0 Å². The summed E-state index contributed by atoms with van der Waals surface area (Å²) in [5.41, 5.74) is 4.50. The predicted octanol–water partition coefficient (Wildman–Crippen LogP) is 2.40. The maximum Gasteiger partial charge on any atom is 0.141 e. The van der Waals surface area contributed by atoms with Crippen molar-refractivity contribution in [3.63, 3.8) is 0 Å². The molecule has 0 amide bonds. The lowest BCUT2D eigenvalue weighted by Gasteiger charge is -2.15. The zero-order valence-electron chi connectivity index (χ0n) is 12.5. The monoisotopic (exact) mass is 274 g/mol. The molecule has 5 heteroatoms. The fraction of sp³-hybridized carbons (Fsp3) is 0.400. The number of H-pyrrole nitrogens is 1. The van der Waals surface area contributed by atoms with Gasteiger partial charge in [-0.15, -0.1) is 0 Å². The van der Waals surface area contributed by atoms with Crippen LogP contribution < -0.4 is 10.1 Å². The Morgan fingerprint density at radius 3 is 2.75 bits per heavy atom. The Morgan fingerprint density at radius 2 is 2.15 bits per heavy atom. The number of rotatable bonds is 6. The fourth-order valence-corrected chi connectivity index (χ4v) is 2.10. The molecule has 0 saturated carbocycles. The number of benzene rings is 1. The third-order valence-corrected chi connectivity index (χ3v) is 3.17. The molecule has 1 heterocycles. The number of methoxy groups -OCH3 is 1. The molecule has 2 N–H and O–H groups in total. The molecule has 0 aliphatic rings. The Morgan fingerprint density at radius 1 is 1.35 bits per heavy atom. The normalized spacial score (nSPS) is 10.8. The molecule has 0 unspecified atom stereocenters.